The van der Waals surface area contributed by atoms with E-state index in [4.69, 9.17) is 0 Å². The van der Waals surface area contributed by atoms with Crippen LogP contribution in [0.4, 0.5) is 39.5 Å². The van der Waals surface area contributed by atoms with E-state index in [2.05, 4.69) is 14.2 Å². The van der Waals surface area contributed by atoms with Gasteiger partial charge in [0.1, 0.15) is 0 Å². The molecule has 12 heteroatoms. The Bertz CT molecular complexity index is 370. The van der Waals surface area contributed by atoms with E-state index in [1.165, 1.54) is 6.92 Å². The molecule has 0 rings (SSSR count). The quantitative estimate of drug-likeness (QED) is 0.488. The van der Waals surface area contributed by atoms with E-state index in [9.17, 15) is 39.5 Å². The topological polar surface area (TPSA) is 27.7 Å². The minimum atomic E-state index is -6.42. The Labute approximate surface area is 125 Å². The fourth-order valence-electron chi connectivity index (χ4n) is 1.30. The molecule has 0 aliphatic carbocycles. The summed E-state index contributed by atoms with van der Waals surface area (Å²) < 4.78 is 129. The van der Waals surface area contributed by atoms with Crippen molar-refractivity contribution in [2.75, 3.05) is 6.61 Å². The number of hydrogen-bond acceptors (Lipinski definition) is 3. The van der Waals surface area contributed by atoms with E-state index < -0.39 is 36.2 Å². The molecule has 0 aliphatic rings. The minimum Gasteiger partial charge on any atom is -0.353 e. The van der Waals surface area contributed by atoms with Gasteiger partial charge in [0, 0.05) is 20.5 Å². The summed E-state index contributed by atoms with van der Waals surface area (Å²) in [5.41, 5.74) is 0. The molecule has 0 aromatic heterocycles. The molecule has 0 heterocycles. The molecule has 0 aliphatic heterocycles. The molecule has 0 spiro atoms. The molecule has 3 nitrogen and oxygen atoms in total. The maximum Gasteiger partial charge on any atom is 0.453 e. The van der Waals surface area contributed by atoms with Gasteiger partial charge < -0.3 is 9.47 Å². The lowest BCUT2D eigenvalue weighted by molar-refractivity contribution is -0.523. The van der Waals surface area contributed by atoms with E-state index in [0.29, 0.717) is 6.92 Å². The molecule has 0 aromatic rings. The van der Waals surface area contributed by atoms with E-state index in [1.807, 2.05) is 0 Å². The number of halogens is 9. The van der Waals surface area contributed by atoms with Crippen LogP contribution in [0, 0.1) is 0 Å². The first-order valence-corrected chi connectivity index (χ1v) is 6.11. The highest BCUT2D eigenvalue weighted by Crippen LogP contribution is 2.51. The SMILES string of the molecule is CCOC(C)OC(OC(C)(F)C(C)(F)F)(C(F)(F)F)C(F)(F)F. The van der Waals surface area contributed by atoms with Gasteiger partial charge in [-0.3, -0.25) is 4.74 Å². The van der Waals surface area contributed by atoms with Gasteiger partial charge in [-0.05, 0) is 13.8 Å². The van der Waals surface area contributed by atoms with Gasteiger partial charge in [-0.25, -0.2) is 13.2 Å². The summed E-state index contributed by atoms with van der Waals surface area (Å²) in [5.74, 6) is -15.0. The molecule has 0 fully saturated rings. The van der Waals surface area contributed by atoms with E-state index in [0.717, 1.165) is 0 Å². The van der Waals surface area contributed by atoms with Crippen LogP contribution in [0.15, 0.2) is 0 Å². The zero-order valence-electron chi connectivity index (χ0n) is 12.4. The normalized spacial score (nSPS) is 18.7. The molecule has 0 bridgehead atoms. The van der Waals surface area contributed by atoms with Crippen molar-refractivity contribution in [3.05, 3.63) is 0 Å². The largest absolute Gasteiger partial charge is 0.453 e. The van der Waals surface area contributed by atoms with Gasteiger partial charge in [-0.15, -0.1) is 0 Å². The van der Waals surface area contributed by atoms with Crippen molar-refractivity contribution >= 4 is 0 Å². The first-order valence-electron chi connectivity index (χ1n) is 6.11. The molecule has 0 aromatic carbocycles. The fourth-order valence-corrected chi connectivity index (χ4v) is 1.30. The maximum atomic E-state index is 13.7. The molecule has 2 unspecified atom stereocenters. The van der Waals surface area contributed by atoms with Crippen LogP contribution in [0.2, 0.25) is 0 Å². The van der Waals surface area contributed by atoms with Gasteiger partial charge in [0.25, 0.3) is 5.85 Å². The molecule has 140 valence electrons. The number of ether oxygens (including phenoxy) is 3. The highest BCUT2D eigenvalue weighted by Gasteiger charge is 2.78. The Morgan fingerprint density at radius 3 is 1.48 bits per heavy atom. The van der Waals surface area contributed by atoms with Gasteiger partial charge in [0.15, 0.2) is 6.29 Å². The summed E-state index contributed by atoms with van der Waals surface area (Å²) in [6.45, 7) is 0.996. The molecule has 0 saturated heterocycles. The second kappa shape index (κ2) is 6.63. The van der Waals surface area contributed by atoms with Gasteiger partial charge in [-0.2, -0.15) is 26.3 Å². The Balaban J connectivity index is 6.06. The highest BCUT2D eigenvalue weighted by molar-refractivity contribution is 4.92. The fraction of sp³-hybridized carbons (Fsp3) is 1.00. The van der Waals surface area contributed by atoms with Crippen LogP contribution >= 0.6 is 0 Å². The molecular weight excluding hydrogens is 351 g/mol. The van der Waals surface area contributed by atoms with Crippen LogP contribution in [-0.2, 0) is 14.2 Å². The van der Waals surface area contributed by atoms with Crippen LogP contribution in [-0.4, -0.2) is 42.8 Å². The Morgan fingerprint density at radius 1 is 0.826 bits per heavy atom. The Hall–Kier alpha value is -0.750. The summed E-state index contributed by atoms with van der Waals surface area (Å²) in [6, 6.07) is 0. The van der Waals surface area contributed by atoms with E-state index >= 15 is 0 Å². The standard InChI is InChI=1S/C11H15F9O3/c1-5-21-6(2)22-9(10(15,16)17,11(18,19)20)23-8(4,14)7(3,12)13/h6H,5H2,1-4H3. The van der Waals surface area contributed by atoms with Crippen molar-refractivity contribution in [1.82, 2.24) is 0 Å². The summed E-state index contributed by atoms with van der Waals surface area (Å²) in [7, 11) is 0. The molecule has 0 saturated carbocycles. The van der Waals surface area contributed by atoms with Crippen LogP contribution in [0.5, 0.6) is 0 Å². The van der Waals surface area contributed by atoms with Crippen LogP contribution in [0.3, 0.4) is 0 Å². The number of rotatable bonds is 7. The zero-order chi connectivity index (χ0) is 18.9. The second-order valence-electron chi connectivity index (χ2n) is 4.66. The third-order valence-electron chi connectivity index (χ3n) is 2.60. The van der Waals surface area contributed by atoms with Crippen molar-refractivity contribution in [1.29, 1.82) is 0 Å². The average Bonchev–Trinajstić information content (AvgIpc) is 2.23. The minimum absolute atomic E-state index is 0.240. The zero-order valence-corrected chi connectivity index (χ0v) is 12.4. The summed E-state index contributed by atoms with van der Waals surface area (Å²) in [4.78, 5) is 0. The van der Waals surface area contributed by atoms with E-state index in [-0.39, 0.29) is 20.5 Å². The van der Waals surface area contributed by atoms with Gasteiger partial charge >= 0.3 is 24.1 Å². The van der Waals surface area contributed by atoms with Gasteiger partial charge in [0.05, 0.1) is 0 Å². The van der Waals surface area contributed by atoms with Gasteiger partial charge in [-0.1, -0.05) is 0 Å². The lowest BCUT2D eigenvalue weighted by Gasteiger charge is -2.42. The molecule has 23 heavy (non-hydrogen) atoms. The monoisotopic (exact) mass is 366 g/mol. The third-order valence-corrected chi connectivity index (χ3v) is 2.60. The number of alkyl halides is 9. The number of hydrogen-bond donors (Lipinski definition) is 0. The van der Waals surface area contributed by atoms with E-state index in [1.54, 1.807) is 0 Å². The second-order valence-corrected chi connectivity index (χ2v) is 4.66. The van der Waals surface area contributed by atoms with Crippen molar-refractivity contribution < 1.29 is 53.7 Å². The Kier molecular flexibility index (Phi) is 6.41. The smallest absolute Gasteiger partial charge is 0.353 e. The van der Waals surface area contributed by atoms with Crippen LogP contribution < -0.4 is 0 Å². The lowest BCUT2D eigenvalue weighted by atomic mass is 10.1. The molecule has 0 amide bonds. The molecule has 2 atom stereocenters. The van der Waals surface area contributed by atoms with Crippen molar-refractivity contribution in [2.45, 2.75) is 63.9 Å². The predicted octanol–water partition coefficient (Wildman–Crippen LogP) is 4.56. The first-order chi connectivity index (χ1) is 9.91. The van der Waals surface area contributed by atoms with Crippen LogP contribution in [0.25, 0.3) is 0 Å². The lowest BCUT2D eigenvalue weighted by Crippen LogP contribution is -2.66. The Morgan fingerprint density at radius 2 is 1.22 bits per heavy atom. The van der Waals surface area contributed by atoms with Crippen molar-refractivity contribution in [2.24, 2.45) is 0 Å². The summed E-state index contributed by atoms with van der Waals surface area (Å²) in [5, 5.41) is 0. The maximum absolute atomic E-state index is 13.7. The first kappa shape index (κ1) is 22.2. The highest BCUT2D eigenvalue weighted by atomic mass is 19.4. The molecule has 0 radical (unpaired) electrons. The van der Waals surface area contributed by atoms with Crippen molar-refractivity contribution in [3.8, 4) is 0 Å². The van der Waals surface area contributed by atoms with Crippen LogP contribution in [0.1, 0.15) is 27.7 Å². The summed E-state index contributed by atoms with van der Waals surface area (Å²) in [6.07, 6.45) is -15.0. The van der Waals surface area contributed by atoms with Gasteiger partial charge in [0.2, 0.25) is 0 Å². The van der Waals surface area contributed by atoms with Crippen molar-refractivity contribution in [3.63, 3.8) is 0 Å². The summed E-state index contributed by atoms with van der Waals surface area (Å²) >= 11 is 0. The molecule has 0 N–H and O–H groups in total. The third kappa shape index (κ3) is 4.86. The predicted molar refractivity (Wildman–Crippen MR) is 58.2 cm³/mol. The average molecular weight is 366 g/mol. The molecular formula is C11H15F9O3.